The number of amides is 1. The molecule has 0 unspecified atom stereocenters. The number of hydrogen-bond donors (Lipinski definition) is 2. The molecule has 0 bridgehead atoms. The molecule has 2 aromatic carbocycles. The molecule has 2 heterocycles. The van der Waals surface area contributed by atoms with Crippen molar-refractivity contribution in [1.29, 1.82) is 0 Å². The van der Waals surface area contributed by atoms with Crippen molar-refractivity contribution in [3.8, 4) is 0 Å². The summed E-state index contributed by atoms with van der Waals surface area (Å²) in [6.45, 7) is 4.72. The van der Waals surface area contributed by atoms with Gasteiger partial charge in [0.15, 0.2) is 11.5 Å². The third-order valence-corrected chi connectivity index (χ3v) is 4.94. The zero-order chi connectivity index (χ0) is 20.9. The molecule has 1 fully saturated rings. The van der Waals surface area contributed by atoms with Crippen LogP contribution in [-0.2, 0) is 17.8 Å². The number of nitrogens with zero attached hydrogens (tertiary/aromatic N) is 4. The molecule has 0 spiro atoms. The summed E-state index contributed by atoms with van der Waals surface area (Å²) >= 11 is 0. The van der Waals surface area contributed by atoms with Crippen molar-refractivity contribution in [1.82, 2.24) is 19.9 Å². The lowest BCUT2D eigenvalue weighted by molar-refractivity contribution is 0.0342. The van der Waals surface area contributed by atoms with E-state index in [1.54, 1.807) is 6.07 Å². The van der Waals surface area contributed by atoms with Gasteiger partial charge in [0.2, 0.25) is 0 Å². The molecule has 0 aliphatic carbocycles. The normalized spacial score (nSPS) is 14.6. The van der Waals surface area contributed by atoms with Gasteiger partial charge in [-0.3, -0.25) is 9.69 Å². The Hall–Kier alpha value is -3.30. The highest BCUT2D eigenvalue weighted by Crippen LogP contribution is 2.16. The van der Waals surface area contributed by atoms with Crippen LogP contribution in [0.5, 0.6) is 0 Å². The minimum Gasteiger partial charge on any atom is -0.382 e. The number of aromatic nitrogens is 3. The van der Waals surface area contributed by atoms with Crippen LogP contribution >= 0.6 is 0 Å². The molecule has 1 aliphatic heterocycles. The van der Waals surface area contributed by atoms with Gasteiger partial charge in [0.1, 0.15) is 5.82 Å². The van der Waals surface area contributed by atoms with Crippen molar-refractivity contribution in [2.75, 3.05) is 37.4 Å². The Morgan fingerprint density at radius 2 is 1.80 bits per heavy atom. The predicted molar refractivity (Wildman–Crippen MR) is 110 cm³/mol. The van der Waals surface area contributed by atoms with Gasteiger partial charge in [-0.15, -0.1) is 5.10 Å². The Bertz CT molecular complexity index is 1010. The number of ether oxygens (including phenoxy) is 1. The third kappa shape index (κ3) is 4.81. The first-order valence-electron chi connectivity index (χ1n) is 9.72. The maximum Gasteiger partial charge on any atom is 0.280 e. The lowest BCUT2D eigenvalue weighted by Gasteiger charge is -2.26. The molecule has 1 saturated heterocycles. The van der Waals surface area contributed by atoms with Crippen LogP contribution in [0.1, 0.15) is 21.6 Å². The van der Waals surface area contributed by atoms with Crippen molar-refractivity contribution in [2.24, 2.45) is 0 Å². The van der Waals surface area contributed by atoms with Crippen LogP contribution in [0.15, 0.2) is 48.5 Å². The van der Waals surface area contributed by atoms with Gasteiger partial charge in [-0.1, -0.05) is 35.5 Å². The Balaban J connectivity index is 1.39. The first-order valence-corrected chi connectivity index (χ1v) is 9.72. The van der Waals surface area contributed by atoms with E-state index < -0.39 is 11.7 Å². The summed E-state index contributed by atoms with van der Waals surface area (Å²) < 4.78 is 20.1. The van der Waals surface area contributed by atoms with Crippen LogP contribution in [0, 0.1) is 5.82 Å². The standard InChI is InChI=1S/C21H23FN6O2/c22-17-2-1-3-18(12-17)24-21(29)19-20(23)28(26-25-19)14-16-6-4-15(5-7-16)13-27-8-10-30-11-9-27/h1-7,12H,8-11,13-14,23H2,(H,24,29). The van der Waals surface area contributed by atoms with Crippen LogP contribution in [0.25, 0.3) is 0 Å². The molecule has 9 heteroatoms. The summed E-state index contributed by atoms with van der Waals surface area (Å²) in [5.74, 6) is -0.826. The zero-order valence-electron chi connectivity index (χ0n) is 16.4. The molecule has 1 aliphatic rings. The predicted octanol–water partition coefficient (Wildman–Crippen LogP) is 2.13. The number of nitrogens with one attached hydrogen (secondary N) is 1. The highest BCUT2D eigenvalue weighted by molar-refractivity contribution is 6.05. The largest absolute Gasteiger partial charge is 0.382 e. The third-order valence-electron chi connectivity index (χ3n) is 4.94. The summed E-state index contributed by atoms with van der Waals surface area (Å²) in [7, 11) is 0. The van der Waals surface area contributed by atoms with Gasteiger partial charge >= 0.3 is 0 Å². The monoisotopic (exact) mass is 410 g/mol. The van der Waals surface area contributed by atoms with E-state index >= 15 is 0 Å². The highest BCUT2D eigenvalue weighted by Gasteiger charge is 2.18. The molecule has 30 heavy (non-hydrogen) atoms. The summed E-state index contributed by atoms with van der Waals surface area (Å²) in [6.07, 6.45) is 0. The molecule has 0 saturated carbocycles. The fraction of sp³-hybridized carbons (Fsp3) is 0.286. The van der Waals surface area contributed by atoms with Crippen molar-refractivity contribution in [3.63, 3.8) is 0 Å². The van der Waals surface area contributed by atoms with Crippen LogP contribution in [-0.4, -0.2) is 52.1 Å². The Morgan fingerprint density at radius 3 is 2.50 bits per heavy atom. The van der Waals surface area contributed by atoms with Gasteiger partial charge < -0.3 is 15.8 Å². The summed E-state index contributed by atoms with van der Waals surface area (Å²) in [4.78, 5) is 14.8. The van der Waals surface area contributed by atoms with Crippen molar-refractivity contribution in [2.45, 2.75) is 13.1 Å². The Labute approximate surface area is 173 Å². The van der Waals surface area contributed by atoms with Gasteiger partial charge in [-0.2, -0.15) is 0 Å². The number of halogens is 1. The number of rotatable bonds is 6. The lowest BCUT2D eigenvalue weighted by Crippen LogP contribution is -2.35. The second-order valence-electron chi connectivity index (χ2n) is 7.15. The van der Waals surface area contributed by atoms with Crippen LogP contribution < -0.4 is 11.1 Å². The average molecular weight is 410 g/mol. The second kappa shape index (κ2) is 9.02. The molecule has 0 atom stereocenters. The molecular weight excluding hydrogens is 387 g/mol. The van der Waals surface area contributed by atoms with Gasteiger partial charge in [0, 0.05) is 25.3 Å². The van der Waals surface area contributed by atoms with Crippen LogP contribution in [0.2, 0.25) is 0 Å². The van der Waals surface area contributed by atoms with E-state index in [1.807, 2.05) is 12.1 Å². The van der Waals surface area contributed by atoms with Crippen LogP contribution in [0.4, 0.5) is 15.9 Å². The average Bonchev–Trinajstić information content (AvgIpc) is 3.10. The SMILES string of the molecule is Nc1c(C(=O)Nc2cccc(F)c2)nnn1Cc1ccc(CN2CCOCC2)cc1. The summed E-state index contributed by atoms with van der Waals surface area (Å²) in [6, 6.07) is 13.8. The van der Waals surface area contributed by atoms with Gasteiger partial charge in [-0.05, 0) is 29.3 Å². The molecule has 1 amide bonds. The van der Waals surface area contributed by atoms with Crippen molar-refractivity contribution >= 4 is 17.4 Å². The van der Waals surface area contributed by atoms with E-state index in [2.05, 4.69) is 32.7 Å². The number of hydrogen-bond acceptors (Lipinski definition) is 6. The number of carbonyl (C=O) groups is 1. The number of nitrogen functional groups attached to an aromatic ring is 1. The van der Waals surface area contributed by atoms with Crippen LogP contribution in [0.3, 0.4) is 0 Å². The topological polar surface area (TPSA) is 98.3 Å². The number of morpholine rings is 1. The minimum absolute atomic E-state index is 0.00296. The second-order valence-corrected chi connectivity index (χ2v) is 7.15. The van der Waals surface area contributed by atoms with Gasteiger partial charge in [0.05, 0.1) is 19.8 Å². The van der Waals surface area contributed by atoms with E-state index in [1.165, 1.54) is 28.4 Å². The van der Waals surface area contributed by atoms with E-state index in [0.29, 0.717) is 12.2 Å². The molecule has 4 rings (SSSR count). The highest BCUT2D eigenvalue weighted by atomic mass is 19.1. The number of nitrogens with two attached hydrogens (primary N) is 1. The van der Waals surface area contributed by atoms with E-state index in [0.717, 1.165) is 38.4 Å². The molecule has 3 N–H and O–H groups in total. The summed E-state index contributed by atoms with van der Waals surface area (Å²) in [5, 5.41) is 10.5. The maximum atomic E-state index is 13.3. The quantitative estimate of drug-likeness (QED) is 0.646. The van der Waals surface area contributed by atoms with E-state index in [-0.39, 0.29) is 11.5 Å². The Morgan fingerprint density at radius 1 is 1.10 bits per heavy atom. The Kier molecular flexibility index (Phi) is 6.01. The van der Waals surface area contributed by atoms with E-state index in [9.17, 15) is 9.18 Å². The minimum atomic E-state index is -0.537. The van der Waals surface area contributed by atoms with E-state index in [4.69, 9.17) is 10.5 Å². The maximum absolute atomic E-state index is 13.3. The fourth-order valence-electron chi connectivity index (χ4n) is 3.30. The van der Waals surface area contributed by atoms with Crippen molar-refractivity contribution in [3.05, 3.63) is 71.2 Å². The molecule has 8 nitrogen and oxygen atoms in total. The zero-order valence-corrected chi connectivity index (χ0v) is 16.4. The number of anilines is 2. The molecule has 3 aromatic rings. The fourth-order valence-corrected chi connectivity index (χ4v) is 3.30. The summed E-state index contributed by atoms with van der Waals surface area (Å²) in [5.41, 5.74) is 8.62. The van der Waals surface area contributed by atoms with Crippen molar-refractivity contribution < 1.29 is 13.9 Å². The first-order chi connectivity index (χ1) is 14.6. The first kappa shape index (κ1) is 20.0. The van der Waals surface area contributed by atoms with Gasteiger partial charge in [0.25, 0.3) is 5.91 Å². The lowest BCUT2D eigenvalue weighted by atomic mass is 10.1. The number of carbonyl (C=O) groups excluding carboxylic acids is 1. The smallest absolute Gasteiger partial charge is 0.280 e. The van der Waals surface area contributed by atoms with Gasteiger partial charge in [-0.25, -0.2) is 9.07 Å². The molecule has 1 aromatic heterocycles. The molecule has 0 radical (unpaired) electrons. The molecular formula is C21H23FN6O2. The molecule has 156 valence electrons. The number of benzene rings is 2.